The molecule has 2 unspecified atom stereocenters. The second-order valence-electron chi connectivity index (χ2n) is 10.6. The van der Waals surface area contributed by atoms with Crippen molar-refractivity contribution in [2.45, 2.75) is 50.2 Å². The molecule has 0 saturated carbocycles. The summed E-state index contributed by atoms with van der Waals surface area (Å²) in [5, 5.41) is 3.87. The van der Waals surface area contributed by atoms with Crippen LogP contribution in [0.2, 0.25) is 15.1 Å². The number of carbonyl (C=O) groups is 2. The minimum Gasteiger partial charge on any atom is -0.352 e. The van der Waals surface area contributed by atoms with Gasteiger partial charge in [0, 0.05) is 29.1 Å². The molecule has 1 N–H and O–H groups in total. The fourth-order valence-electron chi connectivity index (χ4n) is 4.72. The Balaban J connectivity index is 1.83. The minimum absolute atomic E-state index is 0.0136. The van der Waals surface area contributed by atoms with E-state index >= 15 is 0 Å². The van der Waals surface area contributed by atoms with Crippen molar-refractivity contribution in [1.29, 1.82) is 0 Å². The number of hydrogen-bond donors (Lipinski definition) is 1. The summed E-state index contributed by atoms with van der Waals surface area (Å²) in [6, 6.07) is 27.2. The number of amides is 2. The van der Waals surface area contributed by atoms with Gasteiger partial charge in [0.05, 0.1) is 15.6 Å². The van der Waals surface area contributed by atoms with Gasteiger partial charge in [0.25, 0.3) is 10.0 Å². The first-order valence-electron chi connectivity index (χ1n) is 14.4. The molecule has 0 spiro atoms. The van der Waals surface area contributed by atoms with Gasteiger partial charge in [0.2, 0.25) is 11.8 Å². The Labute approximate surface area is 279 Å². The number of hydrogen-bond acceptors (Lipinski definition) is 4. The van der Waals surface area contributed by atoms with E-state index in [9.17, 15) is 18.0 Å². The average molecular weight is 687 g/mol. The molecule has 45 heavy (non-hydrogen) atoms. The Morgan fingerprint density at radius 2 is 1.44 bits per heavy atom. The number of anilines is 1. The summed E-state index contributed by atoms with van der Waals surface area (Å²) in [5.74, 6) is -0.998. The van der Waals surface area contributed by atoms with Gasteiger partial charge in [-0.2, -0.15) is 0 Å². The van der Waals surface area contributed by atoms with Crippen molar-refractivity contribution in [3.63, 3.8) is 0 Å². The number of nitrogens with zero attached hydrogens (tertiary/aromatic N) is 2. The second-order valence-corrected chi connectivity index (χ2v) is 13.7. The average Bonchev–Trinajstić information content (AvgIpc) is 3.03. The van der Waals surface area contributed by atoms with Crippen LogP contribution in [0.25, 0.3) is 0 Å². The van der Waals surface area contributed by atoms with Crippen molar-refractivity contribution >= 4 is 62.3 Å². The van der Waals surface area contributed by atoms with Gasteiger partial charge < -0.3 is 10.2 Å². The van der Waals surface area contributed by atoms with Crippen molar-refractivity contribution in [1.82, 2.24) is 10.2 Å². The summed E-state index contributed by atoms with van der Waals surface area (Å²) in [4.78, 5) is 29.8. The summed E-state index contributed by atoms with van der Waals surface area (Å²) in [6.07, 6.45) is 0.855. The van der Waals surface area contributed by atoms with E-state index in [0.29, 0.717) is 22.0 Å². The number of benzene rings is 4. The fourth-order valence-corrected chi connectivity index (χ4v) is 6.93. The standard InChI is InChI=1S/C34H34Cl3N3O4S/c1-3-24(2)38-34(42)32(20-25-12-6-4-7-13-25)39(22-26-18-19-27(35)21-30(26)37)33(41)23-40(31-17-11-10-16-29(31)36)45(43,44)28-14-8-5-9-15-28/h4-19,21,24,32H,3,20,22-23H2,1-2H3,(H,38,42). The van der Waals surface area contributed by atoms with Crippen LogP contribution in [0.5, 0.6) is 0 Å². The van der Waals surface area contributed by atoms with E-state index < -0.39 is 28.5 Å². The van der Waals surface area contributed by atoms with E-state index in [-0.39, 0.29) is 40.5 Å². The molecule has 0 heterocycles. The van der Waals surface area contributed by atoms with Gasteiger partial charge >= 0.3 is 0 Å². The van der Waals surface area contributed by atoms with Gasteiger partial charge in [-0.25, -0.2) is 8.42 Å². The monoisotopic (exact) mass is 685 g/mol. The Bertz CT molecular complexity index is 1720. The molecular formula is C34H34Cl3N3O4S. The van der Waals surface area contributed by atoms with Crippen LogP contribution in [-0.2, 0) is 32.6 Å². The third-order valence-corrected chi connectivity index (χ3v) is 10.0. The predicted octanol–water partition coefficient (Wildman–Crippen LogP) is 7.40. The lowest BCUT2D eigenvalue weighted by Crippen LogP contribution is -2.54. The SMILES string of the molecule is CCC(C)NC(=O)C(Cc1ccccc1)N(Cc1ccc(Cl)cc1Cl)C(=O)CN(c1ccccc1Cl)S(=O)(=O)c1ccccc1. The Morgan fingerprint density at radius 1 is 0.822 bits per heavy atom. The number of sulfonamides is 1. The smallest absolute Gasteiger partial charge is 0.264 e. The first-order valence-corrected chi connectivity index (χ1v) is 17.0. The topological polar surface area (TPSA) is 86.8 Å². The first kappa shape index (κ1) is 34.3. The summed E-state index contributed by atoms with van der Waals surface area (Å²) >= 11 is 19.2. The molecule has 236 valence electrons. The maximum Gasteiger partial charge on any atom is 0.264 e. The van der Waals surface area contributed by atoms with Crippen LogP contribution in [0.3, 0.4) is 0 Å². The molecule has 0 saturated heterocycles. The van der Waals surface area contributed by atoms with Gasteiger partial charge in [0.1, 0.15) is 12.6 Å². The first-order chi connectivity index (χ1) is 21.5. The molecule has 4 aromatic rings. The van der Waals surface area contributed by atoms with Crippen molar-refractivity contribution in [2.75, 3.05) is 10.8 Å². The largest absolute Gasteiger partial charge is 0.352 e. The predicted molar refractivity (Wildman–Crippen MR) is 181 cm³/mol. The molecule has 2 amide bonds. The minimum atomic E-state index is -4.26. The molecule has 4 rings (SSSR count). The van der Waals surface area contributed by atoms with E-state index in [1.54, 1.807) is 54.6 Å². The van der Waals surface area contributed by atoms with Gasteiger partial charge in [-0.3, -0.25) is 13.9 Å². The molecule has 11 heteroatoms. The van der Waals surface area contributed by atoms with Crippen LogP contribution >= 0.6 is 34.8 Å². The van der Waals surface area contributed by atoms with Crippen LogP contribution in [0, 0.1) is 0 Å². The molecule has 0 aromatic heterocycles. The van der Waals surface area contributed by atoms with Gasteiger partial charge in [-0.05, 0) is 60.9 Å². The third-order valence-electron chi connectivity index (χ3n) is 7.36. The van der Waals surface area contributed by atoms with E-state index in [4.69, 9.17) is 34.8 Å². The van der Waals surface area contributed by atoms with Crippen molar-refractivity contribution in [3.05, 3.63) is 129 Å². The van der Waals surface area contributed by atoms with Crippen LogP contribution < -0.4 is 9.62 Å². The van der Waals surface area contributed by atoms with Crippen molar-refractivity contribution in [3.8, 4) is 0 Å². The number of halogens is 3. The highest BCUT2D eigenvalue weighted by molar-refractivity contribution is 7.92. The Hall–Kier alpha value is -3.56. The quantitative estimate of drug-likeness (QED) is 0.159. The molecule has 7 nitrogen and oxygen atoms in total. The third kappa shape index (κ3) is 8.79. The molecule has 0 aliphatic heterocycles. The lowest BCUT2D eigenvalue weighted by atomic mass is 10.0. The van der Waals surface area contributed by atoms with Gasteiger partial charge in [-0.1, -0.05) is 108 Å². The van der Waals surface area contributed by atoms with Crippen LogP contribution in [-0.4, -0.2) is 43.8 Å². The lowest BCUT2D eigenvalue weighted by molar-refractivity contribution is -0.140. The van der Waals surface area contributed by atoms with Crippen molar-refractivity contribution in [2.24, 2.45) is 0 Å². The summed E-state index contributed by atoms with van der Waals surface area (Å²) in [6.45, 7) is 3.12. The molecule has 0 aliphatic carbocycles. The number of rotatable bonds is 13. The number of nitrogens with one attached hydrogen (secondary N) is 1. The maximum absolute atomic E-state index is 14.5. The lowest BCUT2D eigenvalue weighted by Gasteiger charge is -2.34. The molecule has 0 fully saturated rings. The van der Waals surface area contributed by atoms with Crippen LogP contribution in [0.4, 0.5) is 5.69 Å². The van der Waals surface area contributed by atoms with Crippen LogP contribution in [0.15, 0.2) is 108 Å². The number of carbonyl (C=O) groups excluding carboxylic acids is 2. The van der Waals surface area contributed by atoms with E-state index in [0.717, 1.165) is 9.87 Å². The highest BCUT2D eigenvalue weighted by atomic mass is 35.5. The van der Waals surface area contributed by atoms with Crippen molar-refractivity contribution < 1.29 is 18.0 Å². The summed E-state index contributed by atoms with van der Waals surface area (Å²) in [7, 11) is -4.26. The highest BCUT2D eigenvalue weighted by Gasteiger charge is 2.35. The fraction of sp³-hybridized carbons (Fsp3) is 0.235. The zero-order chi connectivity index (χ0) is 32.6. The molecule has 2 atom stereocenters. The molecule has 0 radical (unpaired) electrons. The Morgan fingerprint density at radius 3 is 2.07 bits per heavy atom. The summed E-state index contributed by atoms with van der Waals surface area (Å²) < 4.78 is 29.1. The zero-order valence-electron chi connectivity index (χ0n) is 24.9. The molecule has 4 aromatic carbocycles. The number of para-hydroxylation sites is 1. The van der Waals surface area contributed by atoms with Gasteiger partial charge in [0.15, 0.2) is 0 Å². The maximum atomic E-state index is 14.5. The second kappa shape index (κ2) is 15.6. The molecule has 0 aliphatic rings. The highest BCUT2D eigenvalue weighted by Crippen LogP contribution is 2.31. The van der Waals surface area contributed by atoms with E-state index in [2.05, 4.69) is 5.32 Å². The molecular weight excluding hydrogens is 653 g/mol. The van der Waals surface area contributed by atoms with Crippen LogP contribution in [0.1, 0.15) is 31.4 Å². The van der Waals surface area contributed by atoms with E-state index in [1.165, 1.54) is 23.1 Å². The Kier molecular flexibility index (Phi) is 11.9. The summed E-state index contributed by atoms with van der Waals surface area (Å²) in [5.41, 5.74) is 1.49. The molecule has 0 bridgehead atoms. The normalized spacial score (nSPS) is 12.6. The van der Waals surface area contributed by atoms with E-state index in [1.807, 2.05) is 44.2 Å². The van der Waals surface area contributed by atoms with Gasteiger partial charge in [-0.15, -0.1) is 0 Å². The zero-order valence-corrected chi connectivity index (χ0v) is 28.0.